The second kappa shape index (κ2) is 6.63. The van der Waals surface area contributed by atoms with Gasteiger partial charge in [-0.1, -0.05) is 54.9 Å². The van der Waals surface area contributed by atoms with Gasteiger partial charge in [0, 0.05) is 17.5 Å². The van der Waals surface area contributed by atoms with Crippen LogP contribution in [0.3, 0.4) is 0 Å². The molecule has 0 aliphatic carbocycles. The van der Waals surface area contributed by atoms with Gasteiger partial charge >= 0.3 is 5.97 Å². The predicted molar refractivity (Wildman–Crippen MR) is 89.7 cm³/mol. The molecule has 5 heteroatoms. The number of aliphatic hydroxyl groups excluding tert-OH is 1. The quantitative estimate of drug-likeness (QED) is 0.602. The Kier molecular flexibility index (Phi) is 5.68. The zero-order valence-corrected chi connectivity index (χ0v) is 15.4. The Morgan fingerprint density at radius 2 is 1.87 bits per heavy atom. The molecule has 132 valence electrons. The topological polar surface area (TPSA) is 75.6 Å². The molecule has 1 heterocycles. The van der Waals surface area contributed by atoms with Crippen molar-refractivity contribution >= 4 is 11.9 Å². The molecule has 1 amide bonds. The van der Waals surface area contributed by atoms with Crippen LogP contribution in [0, 0.1) is 10.8 Å². The van der Waals surface area contributed by atoms with Crippen LogP contribution in [0.25, 0.3) is 0 Å². The van der Waals surface area contributed by atoms with E-state index < -0.39 is 34.4 Å². The summed E-state index contributed by atoms with van der Waals surface area (Å²) in [5.41, 5.74) is -1.91. The fraction of sp³-hybridized carbons (Fsp3) is 0.778. The molecule has 0 saturated heterocycles. The van der Waals surface area contributed by atoms with Crippen molar-refractivity contribution in [1.82, 2.24) is 5.32 Å². The minimum atomic E-state index is -1.44. The molecule has 0 fully saturated rings. The molecule has 23 heavy (non-hydrogen) atoms. The van der Waals surface area contributed by atoms with Crippen molar-refractivity contribution in [3.05, 3.63) is 11.6 Å². The van der Waals surface area contributed by atoms with Gasteiger partial charge in [-0.2, -0.15) is 0 Å². The average molecular weight is 325 g/mol. The van der Waals surface area contributed by atoms with Crippen LogP contribution in [-0.4, -0.2) is 35.2 Å². The van der Waals surface area contributed by atoms with Crippen LogP contribution in [-0.2, 0) is 14.3 Å². The number of carbonyl (C=O) groups is 2. The summed E-state index contributed by atoms with van der Waals surface area (Å²) in [6, 6.07) is 0. The first-order chi connectivity index (χ1) is 10.4. The van der Waals surface area contributed by atoms with E-state index in [0.29, 0.717) is 12.1 Å². The molecular weight excluding hydrogens is 294 g/mol. The zero-order valence-electron chi connectivity index (χ0n) is 15.4. The first-order valence-electron chi connectivity index (χ1n) is 8.29. The third-order valence-electron chi connectivity index (χ3n) is 4.30. The van der Waals surface area contributed by atoms with Gasteiger partial charge in [-0.05, 0) is 17.9 Å². The number of cyclic esters (lactones) is 1. The highest BCUT2D eigenvalue weighted by Gasteiger charge is 2.57. The zero-order chi connectivity index (χ0) is 18.1. The number of amides is 1. The number of rotatable bonds is 5. The lowest BCUT2D eigenvalue weighted by Crippen LogP contribution is -2.58. The molecule has 2 N–H and O–H groups in total. The van der Waals surface area contributed by atoms with E-state index in [2.05, 4.69) is 5.32 Å². The highest BCUT2D eigenvalue weighted by atomic mass is 16.6. The van der Waals surface area contributed by atoms with Crippen LogP contribution in [0.4, 0.5) is 0 Å². The molecule has 0 unspecified atom stereocenters. The van der Waals surface area contributed by atoms with Crippen LogP contribution < -0.4 is 5.32 Å². The molecule has 0 bridgehead atoms. The van der Waals surface area contributed by atoms with Gasteiger partial charge in [-0.15, -0.1) is 0 Å². The van der Waals surface area contributed by atoms with Gasteiger partial charge < -0.3 is 15.2 Å². The second-order valence-electron chi connectivity index (χ2n) is 8.29. The Morgan fingerprint density at radius 1 is 1.30 bits per heavy atom. The molecule has 5 nitrogen and oxygen atoms in total. The minimum absolute atomic E-state index is 0.414. The lowest BCUT2D eigenvalue weighted by molar-refractivity contribution is -0.176. The lowest BCUT2D eigenvalue weighted by atomic mass is 9.71. The summed E-state index contributed by atoms with van der Waals surface area (Å²) < 4.78 is 5.60. The van der Waals surface area contributed by atoms with Gasteiger partial charge in [0.05, 0.1) is 0 Å². The van der Waals surface area contributed by atoms with Crippen LogP contribution in [0.2, 0.25) is 0 Å². The summed E-state index contributed by atoms with van der Waals surface area (Å²) in [6.45, 7) is 13.8. The van der Waals surface area contributed by atoms with Crippen molar-refractivity contribution in [2.45, 2.75) is 73.0 Å². The van der Waals surface area contributed by atoms with Crippen LogP contribution >= 0.6 is 0 Å². The molecule has 2 atom stereocenters. The minimum Gasteiger partial charge on any atom is -0.447 e. The summed E-state index contributed by atoms with van der Waals surface area (Å²) in [4.78, 5) is 24.7. The first-order valence-corrected chi connectivity index (χ1v) is 8.29. The molecule has 0 aromatic carbocycles. The largest absolute Gasteiger partial charge is 0.447 e. The number of hydrogen-bond donors (Lipinski definition) is 2. The van der Waals surface area contributed by atoms with Gasteiger partial charge in [-0.3, -0.25) is 4.79 Å². The third-order valence-corrected chi connectivity index (χ3v) is 4.30. The Morgan fingerprint density at radius 3 is 2.26 bits per heavy atom. The third kappa shape index (κ3) is 3.94. The summed E-state index contributed by atoms with van der Waals surface area (Å²) in [5, 5.41) is 13.4. The van der Waals surface area contributed by atoms with E-state index in [-0.39, 0.29) is 0 Å². The Labute approximate surface area is 139 Å². The molecule has 0 aromatic heterocycles. The summed E-state index contributed by atoms with van der Waals surface area (Å²) in [6.07, 6.45) is 2.00. The number of carbonyl (C=O) groups excluding carboxylic acids is 2. The molecule has 1 rings (SSSR count). The van der Waals surface area contributed by atoms with Crippen LogP contribution in [0.5, 0.6) is 0 Å². The fourth-order valence-electron chi connectivity index (χ4n) is 2.63. The van der Waals surface area contributed by atoms with Crippen molar-refractivity contribution in [3.8, 4) is 0 Å². The van der Waals surface area contributed by atoms with E-state index in [0.717, 1.165) is 12.8 Å². The van der Waals surface area contributed by atoms with E-state index >= 15 is 0 Å². The Bertz CT molecular complexity index is 496. The number of hydrogen-bond acceptors (Lipinski definition) is 4. The molecular formula is C18H31NO4. The van der Waals surface area contributed by atoms with E-state index in [1.165, 1.54) is 0 Å². The van der Waals surface area contributed by atoms with Gasteiger partial charge in [0.1, 0.15) is 0 Å². The molecule has 0 aromatic rings. The van der Waals surface area contributed by atoms with Crippen molar-refractivity contribution < 1.29 is 19.4 Å². The van der Waals surface area contributed by atoms with E-state index in [4.69, 9.17) is 4.74 Å². The fourth-order valence-corrected chi connectivity index (χ4v) is 2.63. The van der Waals surface area contributed by atoms with Crippen LogP contribution in [0.1, 0.15) is 61.3 Å². The number of esters is 1. The maximum absolute atomic E-state index is 12.3. The number of unbranched alkanes of at least 4 members (excludes halogenated alkanes) is 1. The number of nitrogens with one attached hydrogen (secondary N) is 1. The number of aliphatic hydroxyl groups is 1. The van der Waals surface area contributed by atoms with Crippen molar-refractivity contribution in [1.29, 1.82) is 0 Å². The van der Waals surface area contributed by atoms with Gasteiger partial charge in [0.15, 0.2) is 11.7 Å². The van der Waals surface area contributed by atoms with Gasteiger partial charge in [0.2, 0.25) is 0 Å². The maximum atomic E-state index is 12.3. The van der Waals surface area contributed by atoms with Crippen molar-refractivity contribution in [2.75, 3.05) is 6.54 Å². The van der Waals surface area contributed by atoms with Crippen molar-refractivity contribution in [2.24, 2.45) is 10.8 Å². The monoisotopic (exact) mass is 325 g/mol. The second-order valence-corrected chi connectivity index (χ2v) is 8.29. The Balaban J connectivity index is 3.19. The van der Waals surface area contributed by atoms with E-state index in [1.807, 2.05) is 48.5 Å². The molecule has 1 aliphatic rings. The summed E-state index contributed by atoms with van der Waals surface area (Å²) >= 11 is 0. The maximum Gasteiger partial charge on any atom is 0.335 e. The summed E-state index contributed by atoms with van der Waals surface area (Å²) in [5.74, 6) is -0.972. The number of ether oxygens (including phenoxy) is 1. The van der Waals surface area contributed by atoms with E-state index in [9.17, 15) is 14.7 Å². The highest BCUT2D eigenvalue weighted by molar-refractivity contribution is 5.95. The van der Waals surface area contributed by atoms with Crippen molar-refractivity contribution in [3.63, 3.8) is 0 Å². The summed E-state index contributed by atoms with van der Waals surface area (Å²) in [7, 11) is 0. The standard InChI is InChI=1S/C18H31NO4/c1-8-9-10-19-14(21)13(20)18(17(5,6)7)11-12(15(22)23-18)16(2,3)4/h11,13,20H,8-10H2,1-7H3,(H,19,21)/t13-,18-/m1/s1. The molecule has 0 spiro atoms. The Hall–Kier alpha value is -1.36. The molecule has 1 aliphatic heterocycles. The molecule has 0 saturated carbocycles. The van der Waals surface area contributed by atoms with Gasteiger partial charge in [0.25, 0.3) is 5.91 Å². The van der Waals surface area contributed by atoms with Gasteiger partial charge in [-0.25, -0.2) is 4.79 Å². The predicted octanol–water partition coefficient (Wildman–Crippen LogP) is 2.58. The van der Waals surface area contributed by atoms with E-state index in [1.54, 1.807) is 6.08 Å². The highest BCUT2D eigenvalue weighted by Crippen LogP contribution is 2.46. The lowest BCUT2D eigenvalue weighted by Gasteiger charge is -2.41. The smallest absolute Gasteiger partial charge is 0.335 e. The average Bonchev–Trinajstić information content (AvgIpc) is 2.76. The first kappa shape index (κ1) is 19.7. The normalized spacial score (nSPS) is 23.3. The molecule has 0 radical (unpaired) electrons. The SMILES string of the molecule is CCCCNC(=O)[C@@H](O)[C@@]1(C(C)(C)C)C=C(C(C)(C)C)C(=O)O1. The van der Waals surface area contributed by atoms with Crippen LogP contribution in [0.15, 0.2) is 11.6 Å².